The molecule has 1 heterocycles. The standard InChI is InChI=1S/C10H18N2/c1-5-10(6-2)11-8(3)7-9(4)12-10/h7,11H,5-6H2,1-4H3. The predicted octanol–water partition coefficient (Wildman–Crippen LogP) is 2.47. The first-order valence-electron chi connectivity index (χ1n) is 4.65. The molecule has 0 atom stereocenters. The fourth-order valence-corrected chi connectivity index (χ4v) is 1.70. The molecule has 0 aromatic carbocycles. The Hall–Kier alpha value is -0.790. The highest BCUT2D eigenvalue weighted by Crippen LogP contribution is 2.22. The Kier molecular flexibility index (Phi) is 2.55. The number of nitrogens with one attached hydrogen (secondary N) is 1. The molecule has 0 bridgehead atoms. The molecule has 1 aliphatic heterocycles. The predicted molar refractivity (Wildman–Crippen MR) is 53.3 cm³/mol. The fourth-order valence-electron chi connectivity index (χ4n) is 1.70. The van der Waals surface area contributed by atoms with Crippen LogP contribution in [0.15, 0.2) is 16.8 Å². The van der Waals surface area contributed by atoms with Crippen LogP contribution in [0.3, 0.4) is 0 Å². The van der Waals surface area contributed by atoms with Gasteiger partial charge in [-0.2, -0.15) is 0 Å². The highest BCUT2D eigenvalue weighted by Gasteiger charge is 2.26. The molecule has 1 aliphatic rings. The van der Waals surface area contributed by atoms with Gasteiger partial charge in [-0.05, 0) is 32.8 Å². The molecule has 12 heavy (non-hydrogen) atoms. The van der Waals surface area contributed by atoms with E-state index in [0.29, 0.717) is 0 Å². The summed E-state index contributed by atoms with van der Waals surface area (Å²) in [5.74, 6) is 0. The van der Waals surface area contributed by atoms with Gasteiger partial charge in [-0.3, -0.25) is 4.99 Å². The SMILES string of the molecule is CCC1(CC)N=C(C)C=C(C)N1. The van der Waals surface area contributed by atoms with E-state index >= 15 is 0 Å². The first-order valence-corrected chi connectivity index (χ1v) is 4.65. The number of nitrogens with zero attached hydrogens (tertiary/aromatic N) is 1. The lowest BCUT2D eigenvalue weighted by molar-refractivity contribution is 0.341. The molecule has 0 spiro atoms. The monoisotopic (exact) mass is 166 g/mol. The topological polar surface area (TPSA) is 24.4 Å². The average Bonchev–Trinajstić information content (AvgIpc) is 2.02. The fraction of sp³-hybridized carbons (Fsp3) is 0.700. The van der Waals surface area contributed by atoms with E-state index in [9.17, 15) is 0 Å². The van der Waals surface area contributed by atoms with E-state index in [1.54, 1.807) is 0 Å². The van der Waals surface area contributed by atoms with Gasteiger partial charge in [0.25, 0.3) is 0 Å². The van der Waals surface area contributed by atoms with Crippen molar-refractivity contribution in [2.75, 3.05) is 0 Å². The smallest absolute Gasteiger partial charge is 0.129 e. The Morgan fingerprint density at radius 3 is 2.33 bits per heavy atom. The lowest BCUT2D eigenvalue weighted by Crippen LogP contribution is -2.44. The molecule has 1 N–H and O–H groups in total. The summed E-state index contributed by atoms with van der Waals surface area (Å²) in [4.78, 5) is 4.63. The largest absolute Gasteiger partial charge is 0.365 e. The van der Waals surface area contributed by atoms with Crippen molar-refractivity contribution in [3.8, 4) is 0 Å². The molecule has 68 valence electrons. The second kappa shape index (κ2) is 3.30. The van der Waals surface area contributed by atoms with E-state index in [1.807, 2.05) is 0 Å². The highest BCUT2D eigenvalue weighted by atomic mass is 15.2. The van der Waals surface area contributed by atoms with Crippen molar-refractivity contribution in [1.82, 2.24) is 5.32 Å². The van der Waals surface area contributed by atoms with Crippen LogP contribution in [0.1, 0.15) is 40.5 Å². The summed E-state index contributed by atoms with van der Waals surface area (Å²) in [6.07, 6.45) is 4.18. The zero-order chi connectivity index (χ0) is 9.19. The molecule has 0 aliphatic carbocycles. The third-order valence-electron chi connectivity index (χ3n) is 2.42. The summed E-state index contributed by atoms with van der Waals surface area (Å²) in [7, 11) is 0. The van der Waals surface area contributed by atoms with Crippen LogP contribution in [-0.4, -0.2) is 11.4 Å². The van der Waals surface area contributed by atoms with Gasteiger partial charge < -0.3 is 5.32 Å². The summed E-state index contributed by atoms with van der Waals surface area (Å²) in [5.41, 5.74) is 2.34. The molecule has 0 unspecified atom stereocenters. The zero-order valence-electron chi connectivity index (χ0n) is 8.44. The average molecular weight is 166 g/mol. The van der Waals surface area contributed by atoms with Gasteiger partial charge in [-0.1, -0.05) is 13.8 Å². The van der Waals surface area contributed by atoms with Gasteiger partial charge in [0.1, 0.15) is 5.66 Å². The molecule has 0 aromatic rings. The lowest BCUT2D eigenvalue weighted by Gasteiger charge is -2.33. The summed E-state index contributed by atoms with van der Waals surface area (Å²) in [6, 6.07) is 0. The number of aliphatic imine (C=N–C) groups is 1. The molecular weight excluding hydrogens is 148 g/mol. The minimum atomic E-state index is -0.0249. The van der Waals surface area contributed by atoms with E-state index in [0.717, 1.165) is 18.6 Å². The lowest BCUT2D eigenvalue weighted by atomic mass is 10.0. The summed E-state index contributed by atoms with van der Waals surface area (Å²) in [5, 5.41) is 3.43. The first-order chi connectivity index (χ1) is 5.62. The van der Waals surface area contributed by atoms with Crippen LogP contribution in [-0.2, 0) is 0 Å². The van der Waals surface area contributed by atoms with Crippen LogP contribution in [0.2, 0.25) is 0 Å². The van der Waals surface area contributed by atoms with Crippen LogP contribution in [0.4, 0.5) is 0 Å². The molecule has 0 radical (unpaired) electrons. The van der Waals surface area contributed by atoms with Gasteiger partial charge in [0.05, 0.1) is 0 Å². The normalized spacial score (nSPS) is 21.0. The Labute approximate surface area is 74.8 Å². The Morgan fingerprint density at radius 1 is 1.33 bits per heavy atom. The van der Waals surface area contributed by atoms with Gasteiger partial charge in [0, 0.05) is 11.4 Å². The van der Waals surface area contributed by atoms with Crippen molar-refractivity contribution in [3.05, 3.63) is 11.8 Å². The van der Waals surface area contributed by atoms with Crippen molar-refractivity contribution in [3.63, 3.8) is 0 Å². The maximum Gasteiger partial charge on any atom is 0.129 e. The number of allylic oxidation sites excluding steroid dienone is 2. The van der Waals surface area contributed by atoms with E-state index < -0.39 is 0 Å². The Morgan fingerprint density at radius 2 is 1.92 bits per heavy atom. The number of hydrogen-bond donors (Lipinski definition) is 1. The van der Waals surface area contributed by atoms with Crippen molar-refractivity contribution in [1.29, 1.82) is 0 Å². The van der Waals surface area contributed by atoms with Crippen LogP contribution in [0.25, 0.3) is 0 Å². The van der Waals surface area contributed by atoms with Gasteiger partial charge in [-0.25, -0.2) is 0 Å². The quantitative estimate of drug-likeness (QED) is 0.669. The molecule has 0 aromatic heterocycles. The summed E-state index contributed by atoms with van der Waals surface area (Å²) in [6.45, 7) is 8.50. The first kappa shape index (κ1) is 9.30. The third kappa shape index (κ3) is 1.68. The van der Waals surface area contributed by atoms with Crippen molar-refractivity contribution < 1.29 is 0 Å². The van der Waals surface area contributed by atoms with E-state index in [1.165, 1.54) is 5.70 Å². The van der Waals surface area contributed by atoms with Gasteiger partial charge >= 0.3 is 0 Å². The molecule has 2 heteroatoms. The van der Waals surface area contributed by atoms with Crippen LogP contribution in [0.5, 0.6) is 0 Å². The minimum absolute atomic E-state index is 0.0249. The van der Waals surface area contributed by atoms with Crippen LogP contribution < -0.4 is 5.32 Å². The van der Waals surface area contributed by atoms with Gasteiger partial charge in [-0.15, -0.1) is 0 Å². The maximum atomic E-state index is 4.63. The minimum Gasteiger partial charge on any atom is -0.365 e. The van der Waals surface area contributed by atoms with Crippen molar-refractivity contribution in [2.24, 2.45) is 4.99 Å². The van der Waals surface area contributed by atoms with Gasteiger partial charge in [0.2, 0.25) is 0 Å². The maximum absolute atomic E-state index is 4.63. The highest BCUT2D eigenvalue weighted by molar-refractivity contribution is 5.94. The number of hydrogen-bond acceptors (Lipinski definition) is 2. The Bertz CT molecular complexity index is 222. The van der Waals surface area contributed by atoms with Crippen LogP contribution >= 0.6 is 0 Å². The van der Waals surface area contributed by atoms with Gasteiger partial charge in [0.15, 0.2) is 0 Å². The molecule has 0 saturated carbocycles. The van der Waals surface area contributed by atoms with E-state index in [2.05, 4.69) is 44.1 Å². The third-order valence-corrected chi connectivity index (χ3v) is 2.42. The van der Waals surface area contributed by atoms with Crippen LogP contribution in [0, 0.1) is 0 Å². The molecule has 0 amide bonds. The molecule has 2 nitrogen and oxygen atoms in total. The Balaban J connectivity index is 2.90. The zero-order valence-corrected chi connectivity index (χ0v) is 8.44. The molecule has 1 rings (SSSR count). The van der Waals surface area contributed by atoms with E-state index in [-0.39, 0.29) is 5.66 Å². The second-order valence-electron chi connectivity index (χ2n) is 3.44. The molecule has 0 saturated heterocycles. The van der Waals surface area contributed by atoms with Crippen molar-refractivity contribution >= 4 is 5.71 Å². The summed E-state index contributed by atoms with van der Waals surface area (Å²) >= 11 is 0. The molecule has 0 fully saturated rings. The molecular formula is C10H18N2. The number of rotatable bonds is 2. The van der Waals surface area contributed by atoms with Crippen molar-refractivity contribution in [2.45, 2.75) is 46.2 Å². The summed E-state index contributed by atoms with van der Waals surface area (Å²) < 4.78 is 0. The van der Waals surface area contributed by atoms with E-state index in [4.69, 9.17) is 0 Å². The second-order valence-corrected chi connectivity index (χ2v) is 3.44.